The molecule has 0 atom stereocenters. The molecule has 0 heterocycles. The molecule has 0 aliphatic heterocycles. The number of rotatable bonds is 9. The van der Waals surface area contributed by atoms with Crippen LogP contribution in [0, 0.1) is 0 Å². The van der Waals surface area contributed by atoms with E-state index in [9.17, 15) is 8.78 Å². The van der Waals surface area contributed by atoms with Gasteiger partial charge in [0.25, 0.3) is 6.43 Å². The van der Waals surface area contributed by atoms with Crippen LogP contribution in [-0.4, -0.2) is 51.2 Å². The average Bonchev–Trinajstić information content (AvgIpc) is 2.39. The van der Waals surface area contributed by atoms with Gasteiger partial charge in [0.05, 0.1) is 13.7 Å². The van der Waals surface area contributed by atoms with Crippen molar-refractivity contribution in [1.82, 2.24) is 4.90 Å². The zero-order valence-electron chi connectivity index (χ0n) is 11.0. The number of methoxy groups -OCH3 is 1. The lowest BCUT2D eigenvalue weighted by atomic mass is 10.3. The van der Waals surface area contributed by atoms with Gasteiger partial charge in [-0.05, 0) is 12.1 Å². The van der Waals surface area contributed by atoms with Gasteiger partial charge in [0.15, 0.2) is 11.5 Å². The van der Waals surface area contributed by atoms with Crippen molar-refractivity contribution in [1.29, 1.82) is 0 Å². The summed E-state index contributed by atoms with van der Waals surface area (Å²) in [6.07, 6.45) is -2.36. The lowest BCUT2D eigenvalue weighted by Crippen LogP contribution is -2.36. The molecule has 0 amide bonds. The van der Waals surface area contributed by atoms with Gasteiger partial charge in [0.2, 0.25) is 0 Å². The van der Waals surface area contributed by atoms with Crippen molar-refractivity contribution in [2.75, 3.05) is 39.9 Å². The summed E-state index contributed by atoms with van der Waals surface area (Å²) in [6, 6.07) is 7.23. The quantitative estimate of drug-likeness (QED) is 0.743. The minimum atomic E-state index is -2.36. The zero-order valence-corrected chi connectivity index (χ0v) is 11.0. The molecule has 0 aliphatic carbocycles. The minimum Gasteiger partial charge on any atom is -0.493 e. The van der Waals surface area contributed by atoms with Crippen LogP contribution in [0.1, 0.15) is 0 Å². The number of hydrogen-bond donors (Lipinski definition) is 1. The Labute approximate surface area is 112 Å². The number of nitrogens with zero attached hydrogens (tertiary/aromatic N) is 1. The van der Waals surface area contributed by atoms with Crippen molar-refractivity contribution in [2.24, 2.45) is 5.73 Å². The van der Waals surface area contributed by atoms with Gasteiger partial charge in [-0.15, -0.1) is 0 Å². The molecule has 0 radical (unpaired) electrons. The highest BCUT2D eigenvalue weighted by molar-refractivity contribution is 5.39. The summed E-state index contributed by atoms with van der Waals surface area (Å²) in [4.78, 5) is 1.58. The predicted octanol–water partition coefficient (Wildman–Crippen LogP) is 1.60. The van der Waals surface area contributed by atoms with Gasteiger partial charge in [0.1, 0.15) is 6.61 Å². The van der Waals surface area contributed by atoms with Gasteiger partial charge in [-0.1, -0.05) is 12.1 Å². The number of para-hydroxylation sites is 2. The zero-order chi connectivity index (χ0) is 14.1. The van der Waals surface area contributed by atoms with E-state index in [4.69, 9.17) is 15.2 Å². The molecule has 108 valence electrons. The molecule has 0 saturated carbocycles. The van der Waals surface area contributed by atoms with Gasteiger partial charge in [-0.2, -0.15) is 0 Å². The Kier molecular flexibility index (Phi) is 7.14. The summed E-state index contributed by atoms with van der Waals surface area (Å²) < 4.78 is 35.3. The third-order valence-corrected chi connectivity index (χ3v) is 2.58. The van der Waals surface area contributed by atoms with Gasteiger partial charge in [-0.3, -0.25) is 4.90 Å². The lowest BCUT2D eigenvalue weighted by molar-refractivity contribution is 0.0819. The topological polar surface area (TPSA) is 47.7 Å². The molecule has 19 heavy (non-hydrogen) atoms. The molecule has 0 aromatic heterocycles. The van der Waals surface area contributed by atoms with E-state index in [0.717, 1.165) is 0 Å². The number of halogens is 2. The molecule has 4 nitrogen and oxygen atoms in total. The van der Waals surface area contributed by atoms with Crippen LogP contribution in [0.2, 0.25) is 0 Å². The Morgan fingerprint density at radius 1 is 1.21 bits per heavy atom. The van der Waals surface area contributed by atoms with Crippen molar-refractivity contribution < 1.29 is 18.3 Å². The van der Waals surface area contributed by atoms with Crippen LogP contribution < -0.4 is 15.2 Å². The van der Waals surface area contributed by atoms with E-state index in [2.05, 4.69) is 0 Å². The van der Waals surface area contributed by atoms with Crippen LogP contribution >= 0.6 is 0 Å². The van der Waals surface area contributed by atoms with Crippen molar-refractivity contribution in [2.45, 2.75) is 6.43 Å². The first kappa shape index (κ1) is 15.7. The Morgan fingerprint density at radius 2 is 1.89 bits per heavy atom. The average molecular weight is 274 g/mol. The normalized spacial score (nSPS) is 11.1. The molecule has 2 N–H and O–H groups in total. The molecule has 0 fully saturated rings. The maximum absolute atomic E-state index is 12.3. The Bertz CT molecular complexity index is 364. The molecule has 1 rings (SSSR count). The van der Waals surface area contributed by atoms with E-state index in [0.29, 0.717) is 37.7 Å². The number of ether oxygens (including phenoxy) is 2. The molecule has 0 saturated heterocycles. The standard InChI is InChI=1S/C13H20F2N2O2/c1-18-11-4-2-3-5-12(11)19-9-8-17(7-6-16)10-13(14)15/h2-5,13H,6-10,16H2,1H3. The summed E-state index contributed by atoms with van der Waals surface area (Å²) in [5, 5.41) is 0. The van der Waals surface area contributed by atoms with Gasteiger partial charge < -0.3 is 15.2 Å². The highest BCUT2D eigenvalue weighted by Gasteiger charge is 2.11. The summed E-state index contributed by atoms with van der Waals surface area (Å²) in [6.45, 7) is 1.21. The monoisotopic (exact) mass is 274 g/mol. The van der Waals surface area contributed by atoms with Crippen molar-refractivity contribution in [3.8, 4) is 11.5 Å². The molecule has 6 heteroatoms. The van der Waals surface area contributed by atoms with Gasteiger partial charge in [0, 0.05) is 19.6 Å². The summed E-state index contributed by atoms with van der Waals surface area (Å²) in [5.74, 6) is 1.23. The number of hydrogen-bond acceptors (Lipinski definition) is 4. The highest BCUT2D eigenvalue weighted by atomic mass is 19.3. The van der Waals surface area contributed by atoms with E-state index in [1.54, 1.807) is 24.1 Å². The molecule has 1 aromatic rings. The summed E-state index contributed by atoms with van der Waals surface area (Å²) in [7, 11) is 1.56. The fraction of sp³-hybridized carbons (Fsp3) is 0.538. The van der Waals surface area contributed by atoms with Crippen LogP contribution in [0.25, 0.3) is 0 Å². The Balaban J connectivity index is 2.42. The van der Waals surface area contributed by atoms with E-state index in [-0.39, 0.29) is 6.54 Å². The molecular weight excluding hydrogens is 254 g/mol. The first-order valence-corrected chi connectivity index (χ1v) is 6.13. The van der Waals surface area contributed by atoms with E-state index in [1.165, 1.54) is 0 Å². The number of benzene rings is 1. The summed E-state index contributed by atoms with van der Waals surface area (Å²) in [5.41, 5.74) is 5.39. The van der Waals surface area contributed by atoms with Crippen molar-refractivity contribution >= 4 is 0 Å². The van der Waals surface area contributed by atoms with Crippen molar-refractivity contribution in [3.63, 3.8) is 0 Å². The van der Waals surface area contributed by atoms with E-state index in [1.807, 2.05) is 12.1 Å². The van der Waals surface area contributed by atoms with Crippen LogP contribution in [0.3, 0.4) is 0 Å². The molecule has 0 spiro atoms. The van der Waals surface area contributed by atoms with E-state index < -0.39 is 6.43 Å². The molecule has 1 aromatic carbocycles. The number of nitrogens with two attached hydrogens (primary N) is 1. The minimum absolute atomic E-state index is 0.285. The summed E-state index contributed by atoms with van der Waals surface area (Å²) >= 11 is 0. The second-order valence-electron chi connectivity index (χ2n) is 3.98. The van der Waals surface area contributed by atoms with Gasteiger partial charge >= 0.3 is 0 Å². The molecular formula is C13H20F2N2O2. The Hall–Kier alpha value is -1.40. The molecule has 0 aliphatic rings. The maximum Gasteiger partial charge on any atom is 0.251 e. The first-order chi connectivity index (χ1) is 9.17. The fourth-order valence-corrected chi connectivity index (χ4v) is 1.69. The molecule has 0 bridgehead atoms. The third-order valence-electron chi connectivity index (χ3n) is 2.58. The third kappa shape index (κ3) is 5.85. The van der Waals surface area contributed by atoms with Crippen LogP contribution in [0.15, 0.2) is 24.3 Å². The van der Waals surface area contributed by atoms with E-state index >= 15 is 0 Å². The SMILES string of the molecule is COc1ccccc1OCCN(CCN)CC(F)F. The van der Waals surface area contributed by atoms with Crippen molar-refractivity contribution in [3.05, 3.63) is 24.3 Å². The largest absolute Gasteiger partial charge is 0.493 e. The fourth-order valence-electron chi connectivity index (χ4n) is 1.69. The van der Waals surface area contributed by atoms with Crippen LogP contribution in [0.5, 0.6) is 11.5 Å². The smallest absolute Gasteiger partial charge is 0.251 e. The molecule has 0 unspecified atom stereocenters. The highest BCUT2D eigenvalue weighted by Crippen LogP contribution is 2.25. The second-order valence-corrected chi connectivity index (χ2v) is 3.98. The Morgan fingerprint density at radius 3 is 2.47 bits per heavy atom. The van der Waals surface area contributed by atoms with Crippen LogP contribution in [0.4, 0.5) is 8.78 Å². The second kappa shape index (κ2) is 8.66. The lowest BCUT2D eigenvalue weighted by Gasteiger charge is -2.21. The first-order valence-electron chi connectivity index (χ1n) is 6.13. The number of alkyl halides is 2. The maximum atomic E-state index is 12.3. The predicted molar refractivity (Wildman–Crippen MR) is 70.0 cm³/mol. The van der Waals surface area contributed by atoms with Crippen LogP contribution in [-0.2, 0) is 0 Å². The van der Waals surface area contributed by atoms with Gasteiger partial charge in [-0.25, -0.2) is 8.78 Å².